The minimum absolute atomic E-state index is 0.0616. The zero-order valence-electron chi connectivity index (χ0n) is 18.6. The Kier molecular flexibility index (Phi) is 5.46. The van der Waals surface area contributed by atoms with Crippen LogP contribution in [0.1, 0.15) is 49.4 Å². The van der Waals surface area contributed by atoms with Crippen LogP contribution < -0.4 is 14.2 Å². The number of nitrogens with zero attached hydrogens (tertiary/aromatic N) is 2. The summed E-state index contributed by atoms with van der Waals surface area (Å²) in [7, 11) is 1.41. The van der Waals surface area contributed by atoms with Gasteiger partial charge in [0.05, 0.1) is 25.6 Å². The number of hydrogen-bond donors (Lipinski definition) is 0. The molecule has 3 aromatic rings. The van der Waals surface area contributed by atoms with Crippen molar-refractivity contribution in [1.29, 1.82) is 0 Å². The molecule has 5 rings (SSSR count). The van der Waals surface area contributed by atoms with E-state index in [1.807, 2.05) is 22.7 Å². The predicted octanol–water partition coefficient (Wildman–Crippen LogP) is 5.77. The van der Waals surface area contributed by atoms with Crippen molar-refractivity contribution in [1.82, 2.24) is 9.38 Å². The number of Topliss-reactive ketones (excluding diaryl/α,β-unsaturated/α-hetero) is 1. The summed E-state index contributed by atoms with van der Waals surface area (Å²) in [5.41, 5.74) is 2.20. The third-order valence-electron chi connectivity index (χ3n) is 6.42. The number of rotatable bonds is 10. The molecule has 2 aromatic heterocycles. The van der Waals surface area contributed by atoms with Crippen molar-refractivity contribution in [3.63, 3.8) is 0 Å². The molecule has 0 amide bonds. The van der Waals surface area contributed by atoms with Crippen molar-refractivity contribution in [3.8, 4) is 28.5 Å². The number of ketones is 1. The summed E-state index contributed by atoms with van der Waals surface area (Å²) in [5.74, 6) is 0.812. The van der Waals surface area contributed by atoms with Gasteiger partial charge in [0.25, 0.3) is 0 Å². The first-order chi connectivity index (χ1) is 15.8. The van der Waals surface area contributed by atoms with Crippen molar-refractivity contribution in [2.45, 2.75) is 45.6 Å². The first-order valence-corrected chi connectivity index (χ1v) is 11.2. The quantitative estimate of drug-likeness (QED) is 0.362. The Balaban J connectivity index is 1.50. The van der Waals surface area contributed by atoms with Gasteiger partial charge in [0, 0.05) is 29.7 Å². The molecule has 0 unspecified atom stereocenters. The van der Waals surface area contributed by atoms with Crippen molar-refractivity contribution >= 4 is 11.4 Å². The summed E-state index contributed by atoms with van der Waals surface area (Å²) >= 11 is 0. The molecule has 2 aliphatic carbocycles. The normalized spacial score (nSPS) is 16.8. The van der Waals surface area contributed by atoms with E-state index in [0.29, 0.717) is 35.9 Å². The molecule has 0 bridgehead atoms. The number of ether oxygens (including phenoxy) is 3. The third kappa shape index (κ3) is 4.65. The number of benzene rings is 1. The van der Waals surface area contributed by atoms with Crippen molar-refractivity contribution in [3.05, 3.63) is 42.2 Å². The zero-order chi connectivity index (χ0) is 23.2. The Morgan fingerprint density at radius 1 is 1.24 bits per heavy atom. The fourth-order valence-corrected chi connectivity index (χ4v) is 3.93. The summed E-state index contributed by atoms with van der Waals surface area (Å²) in [4.78, 5) is 17.3. The average molecular weight is 456 g/mol. The second-order valence-corrected chi connectivity index (χ2v) is 9.33. The minimum atomic E-state index is -3.06. The number of imidazole rings is 1. The van der Waals surface area contributed by atoms with Gasteiger partial charge in [-0.3, -0.25) is 9.20 Å². The molecule has 2 saturated carbocycles. The Hall–Kier alpha value is -3.16. The van der Waals surface area contributed by atoms with E-state index in [1.54, 1.807) is 12.3 Å². The number of carbonyl (C=O) groups excluding carboxylic acids is 1. The first kappa shape index (κ1) is 21.7. The van der Waals surface area contributed by atoms with Gasteiger partial charge in [-0.15, -0.1) is 0 Å². The number of alkyl halides is 2. The van der Waals surface area contributed by atoms with Crippen LogP contribution in [-0.2, 0) is 0 Å². The van der Waals surface area contributed by atoms with E-state index in [0.717, 1.165) is 18.6 Å². The van der Waals surface area contributed by atoms with Crippen LogP contribution >= 0.6 is 0 Å². The smallest absolute Gasteiger partial charge is 0.387 e. The lowest BCUT2D eigenvalue weighted by Gasteiger charge is -2.16. The molecule has 0 saturated heterocycles. The predicted molar refractivity (Wildman–Crippen MR) is 118 cm³/mol. The van der Waals surface area contributed by atoms with Gasteiger partial charge >= 0.3 is 6.61 Å². The van der Waals surface area contributed by atoms with Crippen LogP contribution in [-0.4, -0.2) is 35.5 Å². The molecule has 6 nitrogen and oxygen atoms in total. The number of methoxy groups -OCH3 is 1. The average Bonchev–Trinajstić information content (AvgIpc) is 3.70. The number of aromatic nitrogens is 2. The number of halogens is 2. The van der Waals surface area contributed by atoms with E-state index >= 15 is 0 Å². The second kappa shape index (κ2) is 8.32. The summed E-state index contributed by atoms with van der Waals surface area (Å²) in [6.07, 6.45) is 8.07. The highest BCUT2D eigenvalue weighted by molar-refractivity contribution is 6.02. The van der Waals surface area contributed by atoms with Gasteiger partial charge in [-0.05, 0) is 49.8 Å². The third-order valence-corrected chi connectivity index (χ3v) is 6.42. The van der Waals surface area contributed by atoms with Crippen molar-refractivity contribution < 1.29 is 27.8 Å². The topological polar surface area (TPSA) is 62.1 Å². The fraction of sp³-hybridized carbons (Fsp3) is 0.440. The molecule has 0 aliphatic heterocycles. The fourth-order valence-electron chi connectivity index (χ4n) is 3.93. The highest BCUT2D eigenvalue weighted by Crippen LogP contribution is 2.45. The summed E-state index contributed by atoms with van der Waals surface area (Å²) < 4.78 is 44.4. The number of hydrogen-bond acceptors (Lipinski definition) is 5. The highest BCUT2D eigenvalue weighted by Gasteiger charge is 2.38. The number of carbonyl (C=O) groups is 1. The zero-order valence-corrected chi connectivity index (χ0v) is 18.6. The van der Waals surface area contributed by atoms with E-state index in [1.165, 1.54) is 26.0 Å². The summed E-state index contributed by atoms with van der Waals surface area (Å²) in [5, 5.41) is 0. The molecule has 2 aliphatic rings. The SMILES string of the molecule is COc1cc(-c2cnc3cc(OCC4(C)CC4)ccn23)cc(OC(F)F)c1C(=O)CC1CC1. The molecule has 0 N–H and O–H groups in total. The molecule has 0 atom stereocenters. The highest BCUT2D eigenvalue weighted by atomic mass is 19.3. The molecular weight excluding hydrogens is 430 g/mol. The molecule has 2 fully saturated rings. The van der Waals surface area contributed by atoms with Gasteiger partial charge in [-0.1, -0.05) is 6.92 Å². The Morgan fingerprint density at radius 2 is 2.00 bits per heavy atom. The maximum atomic E-state index is 13.2. The van der Waals surface area contributed by atoms with Crippen LogP contribution in [0.25, 0.3) is 16.9 Å². The van der Waals surface area contributed by atoms with E-state index in [2.05, 4.69) is 11.9 Å². The maximum absolute atomic E-state index is 13.2. The van der Waals surface area contributed by atoms with Gasteiger partial charge in [0.15, 0.2) is 5.78 Å². The molecule has 33 heavy (non-hydrogen) atoms. The van der Waals surface area contributed by atoms with Crippen molar-refractivity contribution in [2.24, 2.45) is 11.3 Å². The van der Waals surface area contributed by atoms with Crippen LogP contribution in [0.2, 0.25) is 0 Å². The van der Waals surface area contributed by atoms with Gasteiger partial charge in [0.1, 0.15) is 28.5 Å². The Labute approximate surface area is 190 Å². The molecule has 1 aromatic carbocycles. The summed E-state index contributed by atoms with van der Waals surface area (Å²) in [6, 6.07) is 6.82. The van der Waals surface area contributed by atoms with Crippen LogP contribution in [0, 0.1) is 11.3 Å². The van der Waals surface area contributed by atoms with Gasteiger partial charge in [0.2, 0.25) is 0 Å². The lowest BCUT2D eigenvalue weighted by molar-refractivity contribution is -0.0502. The van der Waals surface area contributed by atoms with Crippen molar-refractivity contribution in [2.75, 3.05) is 13.7 Å². The summed E-state index contributed by atoms with van der Waals surface area (Å²) in [6.45, 7) is -0.198. The largest absolute Gasteiger partial charge is 0.496 e. The van der Waals surface area contributed by atoms with E-state index in [-0.39, 0.29) is 28.3 Å². The lowest BCUT2D eigenvalue weighted by Crippen LogP contribution is -2.11. The molecule has 8 heteroatoms. The minimum Gasteiger partial charge on any atom is -0.496 e. The van der Waals surface area contributed by atoms with E-state index < -0.39 is 6.61 Å². The first-order valence-electron chi connectivity index (χ1n) is 11.2. The molecular formula is C25H26F2N2O4. The van der Waals surface area contributed by atoms with Gasteiger partial charge in [-0.25, -0.2) is 4.98 Å². The van der Waals surface area contributed by atoms with Crippen LogP contribution in [0.3, 0.4) is 0 Å². The number of pyridine rings is 1. The maximum Gasteiger partial charge on any atom is 0.387 e. The Bertz CT molecular complexity index is 1200. The van der Waals surface area contributed by atoms with E-state index in [4.69, 9.17) is 14.2 Å². The molecule has 0 radical (unpaired) electrons. The van der Waals surface area contributed by atoms with Crippen LogP contribution in [0.15, 0.2) is 36.7 Å². The Morgan fingerprint density at radius 3 is 2.67 bits per heavy atom. The second-order valence-electron chi connectivity index (χ2n) is 9.33. The van der Waals surface area contributed by atoms with Crippen LogP contribution in [0.4, 0.5) is 8.78 Å². The molecule has 2 heterocycles. The van der Waals surface area contributed by atoms with E-state index in [9.17, 15) is 13.6 Å². The standard InChI is InChI=1S/C25H26F2N2O4/c1-25(6-7-25)14-32-17-5-8-29-18(13-28-22(29)12-17)16-10-20(31-2)23(19(30)9-15-3-4-15)21(11-16)33-24(26)27/h5,8,10-13,15,24H,3-4,6-7,9,14H2,1-2H3. The number of fused-ring (bicyclic) bond motifs is 1. The van der Waals surface area contributed by atoms with Gasteiger partial charge < -0.3 is 14.2 Å². The lowest BCUT2D eigenvalue weighted by atomic mass is 10.00. The van der Waals surface area contributed by atoms with Gasteiger partial charge in [-0.2, -0.15) is 8.78 Å². The molecule has 0 spiro atoms. The molecule has 174 valence electrons. The monoisotopic (exact) mass is 456 g/mol. The van der Waals surface area contributed by atoms with Crippen LogP contribution in [0.5, 0.6) is 17.2 Å².